The van der Waals surface area contributed by atoms with Crippen molar-refractivity contribution >= 4 is 12.0 Å². The number of amides is 1. The third-order valence-electron chi connectivity index (χ3n) is 8.71. The van der Waals surface area contributed by atoms with Gasteiger partial charge in [-0.05, 0) is 56.0 Å². The van der Waals surface area contributed by atoms with Gasteiger partial charge in [0.2, 0.25) is 5.91 Å². The maximum absolute atomic E-state index is 13.1. The number of carbonyl (C=O) groups is 1. The minimum atomic E-state index is -1.00. The van der Waals surface area contributed by atoms with Crippen LogP contribution in [0.2, 0.25) is 0 Å². The lowest BCUT2D eigenvalue weighted by atomic mass is 9.48. The van der Waals surface area contributed by atoms with Gasteiger partial charge in [0.1, 0.15) is 6.10 Å². The number of hydrogen-bond donors (Lipinski definition) is 2. The van der Waals surface area contributed by atoms with Crippen molar-refractivity contribution in [2.24, 2.45) is 0 Å². The number of nitrogens with zero attached hydrogens (tertiary/aromatic N) is 2. The number of aliphatic hydroxyl groups is 1. The van der Waals surface area contributed by atoms with Crippen LogP contribution in [0.4, 0.5) is 0 Å². The summed E-state index contributed by atoms with van der Waals surface area (Å²) in [5.41, 5.74) is 1.23. The summed E-state index contributed by atoms with van der Waals surface area (Å²) in [6, 6.07) is 5.17. The fourth-order valence-corrected chi connectivity index (χ4v) is 7.20. The van der Waals surface area contributed by atoms with Gasteiger partial charge in [-0.3, -0.25) is 9.69 Å². The van der Waals surface area contributed by atoms with Gasteiger partial charge < -0.3 is 24.3 Å². The number of aromatic hydroxyl groups is 1. The van der Waals surface area contributed by atoms with E-state index in [1.165, 1.54) is 0 Å². The summed E-state index contributed by atoms with van der Waals surface area (Å²) in [7, 11) is 1.80. The average molecular weight is 463 g/mol. The summed E-state index contributed by atoms with van der Waals surface area (Å²) in [5, 5.41) is 23.1. The molecule has 2 N–H and O–H groups in total. The zero-order valence-corrected chi connectivity index (χ0v) is 19.3. The van der Waals surface area contributed by atoms with E-state index < -0.39 is 17.1 Å². The molecule has 3 heterocycles. The van der Waals surface area contributed by atoms with Crippen molar-refractivity contribution < 1.29 is 24.2 Å². The Morgan fingerprint density at radius 1 is 1.35 bits per heavy atom. The number of rotatable bonds is 5. The molecule has 7 nitrogen and oxygen atoms in total. The molecule has 1 spiro atoms. The molecule has 2 bridgehead atoms. The monoisotopic (exact) mass is 462 g/mol. The van der Waals surface area contributed by atoms with Crippen LogP contribution in [-0.4, -0.2) is 69.8 Å². The first-order valence-corrected chi connectivity index (χ1v) is 12.0. The number of likely N-dealkylation sites (N-methyl/N-ethyl adjacent to an activating group) is 1. The molecular weight excluding hydrogens is 432 g/mol. The normalized spacial score (nSPS) is 33.4. The fourth-order valence-electron chi connectivity index (χ4n) is 7.20. The van der Waals surface area contributed by atoms with E-state index >= 15 is 0 Å². The number of likely N-dealkylation sites (tertiary alicyclic amines) is 1. The van der Waals surface area contributed by atoms with Crippen molar-refractivity contribution in [1.29, 1.82) is 0 Å². The maximum Gasteiger partial charge on any atom is 0.246 e. The minimum absolute atomic E-state index is 0.0590. The highest BCUT2D eigenvalue weighted by Crippen LogP contribution is 2.65. The second kappa shape index (κ2) is 7.48. The summed E-state index contributed by atoms with van der Waals surface area (Å²) in [6.07, 6.45) is 10.5. The fraction of sp³-hybridized carbons (Fsp3) is 0.444. The van der Waals surface area contributed by atoms with Crippen molar-refractivity contribution in [1.82, 2.24) is 9.80 Å². The number of furan rings is 1. The average Bonchev–Trinajstić information content (AvgIpc) is 3.46. The molecule has 2 aliphatic carbocycles. The molecule has 1 aromatic carbocycles. The molecule has 6 rings (SSSR count). The summed E-state index contributed by atoms with van der Waals surface area (Å²) in [6.45, 7) is 5.44. The highest BCUT2D eigenvalue weighted by molar-refractivity contribution is 5.91. The Labute approximate surface area is 198 Å². The highest BCUT2D eigenvalue weighted by Gasteiger charge is 2.73. The van der Waals surface area contributed by atoms with Crippen LogP contribution in [0.25, 0.3) is 6.08 Å². The maximum atomic E-state index is 13.1. The summed E-state index contributed by atoms with van der Waals surface area (Å²) >= 11 is 0. The first-order valence-electron chi connectivity index (χ1n) is 12.0. The predicted octanol–water partition coefficient (Wildman–Crippen LogP) is 2.87. The van der Waals surface area contributed by atoms with Crippen molar-refractivity contribution in [3.63, 3.8) is 0 Å². The number of hydrogen-bond acceptors (Lipinski definition) is 6. The zero-order valence-electron chi connectivity index (χ0n) is 19.3. The number of phenols is 1. The number of piperidine rings is 1. The van der Waals surface area contributed by atoms with Gasteiger partial charge in [0.15, 0.2) is 11.5 Å². The Bertz CT molecular complexity index is 1170. The van der Waals surface area contributed by atoms with E-state index in [4.69, 9.17) is 9.15 Å². The van der Waals surface area contributed by atoms with Crippen LogP contribution in [0, 0.1) is 0 Å². The van der Waals surface area contributed by atoms with E-state index in [9.17, 15) is 15.0 Å². The third-order valence-corrected chi connectivity index (χ3v) is 8.71. The van der Waals surface area contributed by atoms with E-state index in [2.05, 4.69) is 11.5 Å². The first kappa shape index (κ1) is 21.5. The van der Waals surface area contributed by atoms with Crippen molar-refractivity contribution in [3.05, 3.63) is 66.1 Å². The molecule has 1 amide bonds. The standard InChI is InChI=1S/C27H30N2O5/c1-3-12-29-13-11-26-23-18-5-6-20(30)24(23)34-25(26)19(8-10-27(26,32)21(29)15-18)28(2)22(31)7-4-17-9-14-33-16-17/h3-7,9,14,16,19,21,25,30,32H,1,8,10-13,15H2,2H3/b7-4+/t19-,21-,25+,26+,27?/m1/s1. The van der Waals surface area contributed by atoms with E-state index in [-0.39, 0.29) is 23.7 Å². The van der Waals surface area contributed by atoms with Crippen LogP contribution in [0.5, 0.6) is 11.5 Å². The van der Waals surface area contributed by atoms with Gasteiger partial charge in [0, 0.05) is 36.8 Å². The number of ether oxygens (including phenoxy) is 1. The van der Waals surface area contributed by atoms with Crippen LogP contribution in [-0.2, 0) is 16.6 Å². The molecule has 4 aliphatic rings. The second-order valence-corrected chi connectivity index (χ2v) is 10.1. The Balaban J connectivity index is 1.41. The molecule has 1 aromatic heterocycles. The van der Waals surface area contributed by atoms with Gasteiger partial charge in [0.25, 0.3) is 0 Å². The van der Waals surface area contributed by atoms with Crippen LogP contribution in [0.1, 0.15) is 36.0 Å². The smallest absolute Gasteiger partial charge is 0.246 e. The van der Waals surface area contributed by atoms with Crippen molar-refractivity contribution in [3.8, 4) is 11.5 Å². The van der Waals surface area contributed by atoms with E-state index in [0.717, 1.165) is 29.8 Å². The van der Waals surface area contributed by atoms with Crippen LogP contribution >= 0.6 is 0 Å². The summed E-state index contributed by atoms with van der Waals surface area (Å²) in [4.78, 5) is 17.2. The van der Waals surface area contributed by atoms with E-state index in [1.807, 2.05) is 12.1 Å². The van der Waals surface area contributed by atoms with E-state index in [1.54, 1.807) is 48.8 Å². The highest BCUT2D eigenvalue weighted by atomic mass is 16.5. The lowest BCUT2D eigenvalue weighted by Crippen LogP contribution is -2.78. The molecule has 0 radical (unpaired) electrons. The topological polar surface area (TPSA) is 86.4 Å². The van der Waals surface area contributed by atoms with E-state index in [0.29, 0.717) is 31.4 Å². The van der Waals surface area contributed by atoms with Gasteiger partial charge in [-0.25, -0.2) is 0 Å². The molecule has 2 fully saturated rings. The number of carbonyl (C=O) groups excluding carboxylic acids is 1. The lowest BCUT2D eigenvalue weighted by molar-refractivity contribution is -0.198. The number of benzene rings is 1. The van der Waals surface area contributed by atoms with Gasteiger partial charge in [-0.1, -0.05) is 12.1 Å². The zero-order chi connectivity index (χ0) is 23.7. The predicted molar refractivity (Wildman–Crippen MR) is 127 cm³/mol. The van der Waals surface area contributed by atoms with Gasteiger partial charge in [-0.15, -0.1) is 6.58 Å². The Hall–Kier alpha value is -3.03. The van der Waals surface area contributed by atoms with Gasteiger partial charge >= 0.3 is 0 Å². The minimum Gasteiger partial charge on any atom is -0.504 e. The first-order chi connectivity index (χ1) is 16.4. The molecule has 1 saturated heterocycles. The SMILES string of the molecule is C=CCN1CC[C@]23c4c5ccc(O)c4O[C@H]2[C@H](N(C)C(=O)/C=C/c2ccoc2)CCC3(O)[C@H]1C5. The molecule has 2 aromatic rings. The quantitative estimate of drug-likeness (QED) is 0.525. The van der Waals surface area contributed by atoms with Gasteiger partial charge in [0.05, 0.1) is 29.6 Å². The molecule has 178 valence electrons. The van der Waals surface area contributed by atoms with Gasteiger partial charge in [-0.2, -0.15) is 0 Å². The summed E-state index contributed by atoms with van der Waals surface area (Å²) in [5.74, 6) is 0.455. The molecule has 34 heavy (non-hydrogen) atoms. The molecule has 1 unspecified atom stereocenters. The largest absolute Gasteiger partial charge is 0.504 e. The molecule has 2 aliphatic heterocycles. The molecular formula is C27H30N2O5. The van der Waals surface area contributed by atoms with Crippen LogP contribution in [0.15, 0.2) is 53.9 Å². The molecule has 7 heteroatoms. The molecule has 5 atom stereocenters. The summed E-state index contributed by atoms with van der Waals surface area (Å²) < 4.78 is 11.6. The van der Waals surface area contributed by atoms with Crippen molar-refractivity contribution in [2.75, 3.05) is 20.1 Å². The van der Waals surface area contributed by atoms with Crippen molar-refractivity contribution in [2.45, 2.75) is 54.9 Å². The Kier molecular flexibility index (Phi) is 4.73. The van der Waals surface area contributed by atoms with Crippen LogP contribution in [0.3, 0.4) is 0 Å². The third kappa shape index (κ3) is 2.68. The Morgan fingerprint density at radius 3 is 2.97 bits per heavy atom. The Morgan fingerprint density at radius 2 is 2.21 bits per heavy atom. The second-order valence-electron chi connectivity index (χ2n) is 10.1. The molecule has 1 saturated carbocycles. The lowest BCUT2D eigenvalue weighted by Gasteiger charge is -2.64. The number of phenolic OH excluding ortho intramolecular Hbond substituents is 1. The van der Waals surface area contributed by atoms with Crippen LogP contribution < -0.4 is 4.74 Å².